The van der Waals surface area contributed by atoms with E-state index < -0.39 is 0 Å². The molecule has 1 saturated carbocycles. The lowest BCUT2D eigenvalue weighted by atomic mass is 9.79. The Hall–Kier alpha value is -0.120. The Labute approximate surface area is 111 Å². The van der Waals surface area contributed by atoms with Crippen molar-refractivity contribution >= 4 is 0 Å². The lowest BCUT2D eigenvalue weighted by Gasteiger charge is -2.52. The van der Waals surface area contributed by atoms with Gasteiger partial charge in [0.25, 0.3) is 0 Å². The molecule has 0 bridgehead atoms. The molecule has 1 N–H and O–H groups in total. The summed E-state index contributed by atoms with van der Waals surface area (Å²) in [7, 11) is 0. The Morgan fingerprint density at radius 1 is 1.11 bits per heavy atom. The predicted octanol–water partition coefficient (Wildman–Crippen LogP) is 2.16. The van der Waals surface area contributed by atoms with Crippen LogP contribution in [0.2, 0.25) is 0 Å². The van der Waals surface area contributed by atoms with Gasteiger partial charge < -0.3 is 10.1 Å². The first-order valence-electron chi connectivity index (χ1n) is 7.88. The van der Waals surface area contributed by atoms with Gasteiger partial charge in [-0.05, 0) is 32.6 Å². The molecule has 0 amide bonds. The first-order chi connectivity index (χ1) is 8.79. The van der Waals surface area contributed by atoms with Crippen LogP contribution in [-0.4, -0.2) is 48.8 Å². The standard InChI is InChI=1S/C15H28N2O/c1-13-11-16-15(7-3-2-4-8-15)12-17(13)14-5-9-18-10-6-14/h13-14,16H,2-12H2,1H3. The van der Waals surface area contributed by atoms with E-state index in [1.807, 2.05) is 0 Å². The van der Waals surface area contributed by atoms with Gasteiger partial charge in [-0.2, -0.15) is 0 Å². The maximum absolute atomic E-state index is 5.52. The number of rotatable bonds is 1. The van der Waals surface area contributed by atoms with Crippen LogP contribution in [0.4, 0.5) is 0 Å². The Morgan fingerprint density at radius 2 is 1.83 bits per heavy atom. The molecule has 0 aromatic carbocycles. The zero-order chi connectivity index (χ0) is 12.4. The second kappa shape index (κ2) is 5.48. The maximum atomic E-state index is 5.52. The van der Waals surface area contributed by atoms with Crippen molar-refractivity contribution in [3.05, 3.63) is 0 Å². The summed E-state index contributed by atoms with van der Waals surface area (Å²) in [6.07, 6.45) is 9.53. The van der Waals surface area contributed by atoms with Crippen LogP contribution in [0.5, 0.6) is 0 Å². The fourth-order valence-corrected chi connectivity index (χ4v) is 4.11. The summed E-state index contributed by atoms with van der Waals surface area (Å²) < 4.78 is 5.52. The largest absolute Gasteiger partial charge is 0.381 e. The smallest absolute Gasteiger partial charge is 0.0480 e. The van der Waals surface area contributed by atoms with Crippen molar-refractivity contribution in [2.45, 2.75) is 69.5 Å². The number of nitrogens with one attached hydrogen (secondary N) is 1. The van der Waals surface area contributed by atoms with Crippen LogP contribution >= 0.6 is 0 Å². The van der Waals surface area contributed by atoms with Crippen molar-refractivity contribution in [3.63, 3.8) is 0 Å². The lowest BCUT2D eigenvalue weighted by Crippen LogP contribution is -2.66. The molecular weight excluding hydrogens is 224 g/mol. The number of ether oxygens (including phenoxy) is 1. The molecule has 3 heteroatoms. The van der Waals surface area contributed by atoms with Crippen LogP contribution < -0.4 is 5.32 Å². The van der Waals surface area contributed by atoms with E-state index in [1.54, 1.807) is 0 Å². The Bertz CT molecular complexity index is 270. The quantitative estimate of drug-likeness (QED) is 0.774. The van der Waals surface area contributed by atoms with E-state index in [-0.39, 0.29) is 0 Å². The molecule has 3 rings (SSSR count). The van der Waals surface area contributed by atoms with Crippen LogP contribution in [0.15, 0.2) is 0 Å². The molecular formula is C15H28N2O. The highest BCUT2D eigenvalue weighted by Crippen LogP contribution is 2.33. The van der Waals surface area contributed by atoms with Crippen LogP contribution in [-0.2, 0) is 4.74 Å². The van der Waals surface area contributed by atoms with Crippen molar-refractivity contribution < 1.29 is 4.74 Å². The summed E-state index contributed by atoms with van der Waals surface area (Å²) in [6, 6.07) is 1.47. The van der Waals surface area contributed by atoms with Gasteiger partial charge in [0.15, 0.2) is 0 Å². The summed E-state index contributed by atoms with van der Waals surface area (Å²) in [5, 5.41) is 3.88. The molecule has 1 unspecified atom stereocenters. The lowest BCUT2D eigenvalue weighted by molar-refractivity contribution is -0.0194. The minimum absolute atomic E-state index is 0.447. The second-order valence-corrected chi connectivity index (χ2v) is 6.59. The van der Waals surface area contributed by atoms with E-state index in [1.165, 1.54) is 58.0 Å². The number of hydrogen-bond acceptors (Lipinski definition) is 3. The SMILES string of the molecule is CC1CNC2(CCCCC2)CN1C1CCOCC1. The average molecular weight is 252 g/mol. The molecule has 18 heavy (non-hydrogen) atoms. The van der Waals surface area contributed by atoms with E-state index in [0.29, 0.717) is 11.6 Å². The van der Waals surface area contributed by atoms with Crippen molar-refractivity contribution in [1.82, 2.24) is 10.2 Å². The van der Waals surface area contributed by atoms with E-state index in [2.05, 4.69) is 17.1 Å². The average Bonchev–Trinajstić information content (AvgIpc) is 2.44. The van der Waals surface area contributed by atoms with Crippen LogP contribution in [0.25, 0.3) is 0 Å². The third-order valence-corrected chi connectivity index (χ3v) is 5.29. The Balaban J connectivity index is 1.67. The van der Waals surface area contributed by atoms with Gasteiger partial charge >= 0.3 is 0 Å². The molecule has 0 aromatic heterocycles. The minimum atomic E-state index is 0.447. The molecule has 2 aliphatic heterocycles. The highest BCUT2D eigenvalue weighted by molar-refractivity contribution is 5.00. The zero-order valence-corrected chi connectivity index (χ0v) is 11.8. The maximum Gasteiger partial charge on any atom is 0.0480 e. The van der Waals surface area contributed by atoms with Crippen molar-refractivity contribution in [1.29, 1.82) is 0 Å². The van der Waals surface area contributed by atoms with Gasteiger partial charge in [-0.3, -0.25) is 4.90 Å². The van der Waals surface area contributed by atoms with Crippen LogP contribution in [0.1, 0.15) is 51.9 Å². The third-order valence-electron chi connectivity index (χ3n) is 5.29. The van der Waals surface area contributed by atoms with E-state index in [4.69, 9.17) is 4.74 Å². The number of hydrogen-bond donors (Lipinski definition) is 1. The van der Waals surface area contributed by atoms with Gasteiger partial charge in [0.1, 0.15) is 0 Å². The van der Waals surface area contributed by atoms with Gasteiger partial charge in [0, 0.05) is 43.9 Å². The van der Waals surface area contributed by atoms with E-state index in [9.17, 15) is 0 Å². The summed E-state index contributed by atoms with van der Waals surface area (Å²) in [5.74, 6) is 0. The number of piperazine rings is 1. The molecule has 1 aliphatic carbocycles. The molecule has 2 saturated heterocycles. The summed E-state index contributed by atoms with van der Waals surface area (Å²) in [5.41, 5.74) is 0.447. The first kappa shape index (κ1) is 12.9. The first-order valence-corrected chi connectivity index (χ1v) is 7.88. The normalized spacial score (nSPS) is 34.8. The molecule has 3 aliphatic rings. The zero-order valence-electron chi connectivity index (χ0n) is 11.8. The molecule has 1 atom stereocenters. The Kier molecular flexibility index (Phi) is 3.92. The van der Waals surface area contributed by atoms with Crippen LogP contribution in [0.3, 0.4) is 0 Å². The summed E-state index contributed by atoms with van der Waals surface area (Å²) in [4.78, 5) is 2.80. The summed E-state index contributed by atoms with van der Waals surface area (Å²) >= 11 is 0. The molecule has 3 fully saturated rings. The van der Waals surface area contributed by atoms with Crippen molar-refractivity contribution in [2.24, 2.45) is 0 Å². The molecule has 3 nitrogen and oxygen atoms in total. The molecule has 1 spiro atoms. The van der Waals surface area contributed by atoms with Gasteiger partial charge in [-0.25, -0.2) is 0 Å². The highest BCUT2D eigenvalue weighted by atomic mass is 16.5. The minimum Gasteiger partial charge on any atom is -0.381 e. The Morgan fingerprint density at radius 3 is 2.56 bits per heavy atom. The predicted molar refractivity (Wildman–Crippen MR) is 73.8 cm³/mol. The van der Waals surface area contributed by atoms with Gasteiger partial charge in [0.2, 0.25) is 0 Å². The third kappa shape index (κ3) is 2.59. The molecule has 2 heterocycles. The van der Waals surface area contributed by atoms with E-state index >= 15 is 0 Å². The highest BCUT2D eigenvalue weighted by Gasteiger charge is 2.40. The van der Waals surface area contributed by atoms with Gasteiger partial charge in [-0.1, -0.05) is 19.3 Å². The fourth-order valence-electron chi connectivity index (χ4n) is 4.11. The van der Waals surface area contributed by atoms with E-state index in [0.717, 1.165) is 19.3 Å². The monoisotopic (exact) mass is 252 g/mol. The van der Waals surface area contributed by atoms with Crippen molar-refractivity contribution in [3.8, 4) is 0 Å². The summed E-state index contributed by atoms with van der Waals surface area (Å²) in [6.45, 7) is 6.77. The fraction of sp³-hybridized carbons (Fsp3) is 1.00. The van der Waals surface area contributed by atoms with Crippen LogP contribution in [0, 0.1) is 0 Å². The topological polar surface area (TPSA) is 24.5 Å². The van der Waals surface area contributed by atoms with Crippen molar-refractivity contribution in [2.75, 3.05) is 26.3 Å². The van der Waals surface area contributed by atoms with Gasteiger partial charge in [0.05, 0.1) is 0 Å². The molecule has 0 radical (unpaired) electrons. The second-order valence-electron chi connectivity index (χ2n) is 6.59. The number of nitrogens with zero attached hydrogens (tertiary/aromatic N) is 1. The molecule has 0 aromatic rings. The molecule has 104 valence electrons. The van der Waals surface area contributed by atoms with Gasteiger partial charge in [-0.15, -0.1) is 0 Å².